The number of hydrogen-bond acceptors (Lipinski definition) is 2. The zero-order valence-electron chi connectivity index (χ0n) is 12.1. The van der Waals surface area contributed by atoms with Gasteiger partial charge >= 0.3 is 0 Å². The van der Waals surface area contributed by atoms with Gasteiger partial charge in [-0.3, -0.25) is 4.79 Å². The van der Waals surface area contributed by atoms with E-state index in [2.05, 4.69) is 12.2 Å². The number of amides is 1. The molecule has 1 rings (SSSR count). The first kappa shape index (κ1) is 15.5. The van der Waals surface area contributed by atoms with Crippen LogP contribution in [0.4, 0.5) is 0 Å². The molecule has 0 aliphatic carbocycles. The number of aryl methyl sites for hydroxylation is 1. The van der Waals surface area contributed by atoms with Crippen molar-refractivity contribution in [3.05, 3.63) is 29.8 Å². The number of nitrogens with one attached hydrogen (secondary N) is 1. The molecule has 0 saturated carbocycles. The minimum absolute atomic E-state index is 0.0728. The summed E-state index contributed by atoms with van der Waals surface area (Å²) in [5.41, 5.74) is 1.21. The first-order chi connectivity index (χ1) is 9.22. The Labute approximate surface area is 116 Å². The molecule has 1 aromatic rings. The molecule has 0 unspecified atom stereocenters. The van der Waals surface area contributed by atoms with E-state index in [9.17, 15) is 4.79 Å². The van der Waals surface area contributed by atoms with Gasteiger partial charge in [-0.1, -0.05) is 43.9 Å². The summed E-state index contributed by atoms with van der Waals surface area (Å²) in [5.74, 6) is 0.893. The van der Waals surface area contributed by atoms with Gasteiger partial charge in [0.15, 0.2) is 0 Å². The fraction of sp³-hybridized carbons (Fsp3) is 0.562. The Balaban J connectivity index is 2.05. The normalized spacial score (nSPS) is 10.2. The largest absolute Gasteiger partial charge is 0.493 e. The predicted octanol–water partition coefficient (Wildman–Crippen LogP) is 3.46. The van der Waals surface area contributed by atoms with Crippen LogP contribution in [0.2, 0.25) is 0 Å². The van der Waals surface area contributed by atoms with Gasteiger partial charge in [0, 0.05) is 6.54 Å². The topological polar surface area (TPSA) is 38.3 Å². The number of carbonyl (C=O) groups is 1. The molecule has 1 amide bonds. The van der Waals surface area contributed by atoms with Gasteiger partial charge in [0.25, 0.3) is 0 Å². The van der Waals surface area contributed by atoms with Crippen LogP contribution in [0.25, 0.3) is 0 Å². The van der Waals surface area contributed by atoms with E-state index in [0.29, 0.717) is 13.0 Å². The maximum absolute atomic E-state index is 11.5. The summed E-state index contributed by atoms with van der Waals surface area (Å²) in [6.07, 6.45) is 5.14. The summed E-state index contributed by atoms with van der Waals surface area (Å²) in [4.78, 5) is 11.5. The Kier molecular flexibility index (Phi) is 7.71. The lowest BCUT2D eigenvalue weighted by atomic mass is 10.2. The van der Waals surface area contributed by atoms with Crippen molar-refractivity contribution in [2.45, 2.75) is 46.0 Å². The minimum atomic E-state index is 0.0728. The van der Waals surface area contributed by atoms with Crippen LogP contribution in [0, 0.1) is 6.92 Å². The highest BCUT2D eigenvalue weighted by atomic mass is 16.5. The molecule has 0 bridgehead atoms. The van der Waals surface area contributed by atoms with Gasteiger partial charge in [-0.05, 0) is 25.5 Å². The van der Waals surface area contributed by atoms with Gasteiger partial charge in [-0.25, -0.2) is 0 Å². The van der Waals surface area contributed by atoms with Gasteiger partial charge in [-0.15, -0.1) is 0 Å². The summed E-state index contributed by atoms with van der Waals surface area (Å²) in [7, 11) is 0. The average molecular weight is 263 g/mol. The van der Waals surface area contributed by atoms with Crippen molar-refractivity contribution in [3.8, 4) is 5.75 Å². The molecule has 3 nitrogen and oxygen atoms in total. The smallest absolute Gasteiger partial charge is 0.223 e. The molecule has 0 aliphatic rings. The predicted molar refractivity (Wildman–Crippen MR) is 78.4 cm³/mol. The molecule has 0 spiro atoms. The van der Waals surface area contributed by atoms with E-state index in [-0.39, 0.29) is 5.91 Å². The summed E-state index contributed by atoms with van der Waals surface area (Å²) >= 11 is 0. The fourth-order valence-electron chi connectivity index (χ4n) is 1.76. The number of ether oxygens (including phenoxy) is 1. The van der Waals surface area contributed by atoms with E-state index in [1.54, 1.807) is 0 Å². The van der Waals surface area contributed by atoms with Gasteiger partial charge < -0.3 is 10.1 Å². The summed E-state index contributed by atoms with van der Waals surface area (Å²) in [6, 6.07) is 7.86. The number of unbranched alkanes of at least 4 members (excludes halogenated alkanes) is 3. The highest BCUT2D eigenvalue weighted by Gasteiger charge is 2.01. The third-order valence-corrected chi connectivity index (χ3v) is 2.97. The van der Waals surface area contributed by atoms with E-state index in [4.69, 9.17) is 4.74 Å². The van der Waals surface area contributed by atoms with Crippen molar-refractivity contribution < 1.29 is 9.53 Å². The van der Waals surface area contributed by atoms with Crippen LogP contribution in [0.3, 0.4) is 0 Å². The zero-order valence-corrected chi connectivity index (χ0v) is 12.1. The van der Waals surface area contributed by atoms with E-state index in [1.165, 1.54) is 24.8 Å². The van der Waals surface area contributed by atoms with Crippen molar-refractivity contribution in [2.75, 3.05) is 13.2 Å². The van der Waals surface area contributed by atoms with Crippen LogP contribution in [0.1, 0.15) is 44.6 Å². The fourth-order valence-corrected chi connectivity index (χ4v) is 1.76. The van der Waals surface area contributed by atoms with Gasteiger partial charge in [0.1, 0.15) is 5.75 Å². The number of carbonyl (C=O) groups excluding carboxylic acids is 1. The molecule has 0 saturated heterocycles. The standard InChI is InChI=1S/C16H25NO2/c1-3-4-5-6-12-17-16(18)11-13-19-15-9-7-14(2)8-10-15/h7-10H,3-6,11-13H2,1-2H3,(H,17,18). The SMILES string of the molecule is CCCCCCNC(=O)CCOc1ccc(C)cc1. The van der Waals surface area contributed by atoms with Crippen molar-refractivity contribution in [1.82, 2.24) is 5.32 Å². The molecule has 0 aromatic heterocycles. The van der Waals surface area contributed by atoms with Gasteiger partial charge in [0.2, 0.25) is 5.91 Å². The number of benzene rings is 1. The Hall–Kier alpha value is -1.51. The molecule has 0 fully saturated rings. The van der Waals surface area contributed by atoms with E-state index in [1.807, 2.05) is 31.2 Å². The molecule has 0 atom stereocenters. The molecular weight excluding hydrogens is 238 g/mol. The average Bonchev–Trinajstić information content (AvgIpc) is 2.41. The van der Waals surface area contributed by atoms with Crippen LogP contribution < -0.4 is 10.1 Å². The van der Waals surface area contributed by atoms with Crippen molar-refractivity contribution >= 4 is 5.91 Å². The van der Waals surface area contributed by atoms with Crippen LogP contribution >= 0.6 is 0 Å². The van der Waals surface area contributed by atoms with Crippen LogP contribution in [0.15, 0.2) is 24.3 Å². The van der Waals surface area contributed by atoms with Gasteiger partial charge in [-0.2, -0.15) is 0 Å². The highest BCUT2D eigenvalue weighted by Crippen LogP contribution is 2.11. The third-order valence-electron chi connectivity index (χ3n) is 2.97. The molecular formula is C16H25NO2. The monoisotopic (exact) mass is 263 g/mol. The maximum atomic E-state index is 11.5. The van der Waals surface area contributed by atoms with Gasteiger partial charge in [0.05, 0.1) is 13.0 Å². The second-order valence-corrected chi connectivity index (χ2v) is 4.82. The lowest BCUT2D eigenvalue weighted by molar-refractivity contribution is -0.121. The lowest BCUT2D eigenvalue weighted by Gasteiger charge is -2.07. The summed E-state index contributed by atoms with van der Waals surface area (Å²) in [6.45, 7) is 5.43. The Morgan fingerprint density at radius 2 is 1.89 bits per heavy atom. The Morgan fingerprint density at radius 1 is 1.16 bits per heavy atom. The molecule has 19 heavy (non-hydrogen) atoms. The molecule has 1 N–H and O–H groups in total. The Bertz CT molecular complexity index is 360. The molecule has 1 aromatic carbocycles. The zero-order chi connectivity index (χ0) is 13.9. The quantitative estimate of drug-likeness (QED) is 0.693. The number of rotatable bonds is 9. The van der Waals surface area contributed by atoms with Crippen molar-refractivity contribution in [1.29, 1.82) is 0 Å². The first-order valence-corrected chi connectivity index (χ1v) is 7.18. The second-order valence-electron chi connectivity index (χ2n) is 4.82. The van der Waals surface area contributed by atoms with Crippen LogP contribution in [0.5, 0.6) is 5.75 Å². The second kappa shape index (κ2) is 9.42. The minimum Gasteiger partial charge on any atom is -0.493 e. The maximum Gasteiger partial charge on any atom is 0.223 e. The lowest BCUT2D eigenvalue weighted by Crippen LogP contribution is -2.25. The number of hydrogen-bond donors (Lipinski definition) is 1. The van der Waals surface area contributed by atoms with E-state index in [0.717, 1.165) is 18.7 Å². The van der Waals surface area contributed by atoms with Crippen LogP contribution in [-0.4, -0.2) is 19.1 Å². The summed E-state index contributed by atoms with van der Waals surface area (Å²) < 4.78 is 5.52. The van der Waals surface area contributed by atoms with E-state index >= 15 is 0 Å². The third kappa shape index (κ3) is 7.50. The van der Waals surface area contributed by atoms with E-state index < -0.39 is 0 Å². The molecule has 0 radical (unpaired) electrons. The summed E-state index contributed by atoms with van der Waals surface area (Å²) in [5, 5.41) is 2.92. The Morgan fingerprint density at radius 3 is 2.58 bits per heavy atom. The molecule has 0 heterocycles. The van der Waals surface area contributed by atoms with Crippen molar-refractivity contribution in [2.24, 2.45) is 0 Å². The molecule has 0 aliphatic heterocycles. The first-order valence-electron chi connectivity index (χ1n) is 7.18. The van der Waals surface area contributed by atoms with Crippen molar-refractivity contribution in [3.63, 3.8) is 0 Å². The van der Waals surface area contributed by atoms with Crippen LogP contribution in [-0.2, 0) is 4.79 Å². The molecule has 106 valence electrons. The highest BCUT2D eigenvalue weighted by molar-refractivity contribution is 5.75. The molecule has 3 heteroatoms.